The molecule has 5 nitrogen and oxygen atoms in total. The molecule has 0 saturated carbocycles. The van der Waals surface area contributed by atoms with Crippen molar-refractivity contribution in [3.63, 3.8) is 0 Å². The van der Waals surface area contributed by atoms with Crippen LogP contribution in [0.2, 0.25) is 5.15 Å². The third kappa shape index (κ3) is 3.03. The Balaban J connectivity index is 2.21. The molecule has 0 spiro atoms. The minimum Gasteiger partial charge on any atom is -0.379 e. The first-order valence-corrected chi connectivity index (χ1v) is 6.52. The summed E-state index contributed by atoms with van der Waals surface area (Å²) in [6.07, 6.45) is 4.21. The van der Waals surface area contributed by atoms with Crippen molar-refractivity contribution in [2.75, 3.05) is 6.61 Å². The number of hydrogen-bond acceptors (Lipinski definition) is 4. The Labute approximate surface area is 116 Å². The SMILES string of the molecule is CC(C)OCCCn1cc(C#N)c2ncnc(Cl)c21. The molecule has 0 aliphatic carbocycles. The summed E-state index contributed by atoms with van der Waals surface area (Å²) in [4.78, 5) is 8.08. The van der Waals surface area contributed by atoms with Gasteiger partial charge in [-0.3, -0.25) is 0 Å². The molecule has 0 fully saturated rings. The van der Waals surface area contributed by atoms with E-state index < -0.39 is 0 Å². The van der Waals surface area contributed by atoms with Crippen LogP contribution in [0.15, 0.2) is 12.5 Å². The first-order valence-electron chi connectivity index (χ1n) is 6.14. The molecule has 0 bridgehead atoms. The van der Waals surface area contributed by atoms with Gasteiger partial charge < -0.3 is 9.30 Å². The van der Waals surface area contributed by atoms with Crippen LogP contribution in [0, 0.1) is 11.3 Å². The summed E-state index contributed by atoms with van der Waals surface area (Å²) < 4.78 is 7.41. The van der Waals surface area contributed by atoms with Crippen LogP contribution in [-0.4, -0.2) is 27.2 Å². The maximum absolute atomic E-state index is 9.09. The van der Waals surface area contributed by atoms with Crippen LogP contribution in [0.1, 0.15) is 25.8 Å². The van der Waals surface area contributed by atoms with Crippen molar-refractivity contribution >= 4 is 22.6 Å². The monoisotopic (exact) mass is 278 g/mol. The van der Waals surface area contributed by atoms with Gasteiger partial charge in [-0.25, -0.2) is 9.97 Å². The molecule has 0 aliphatic heterocycles. The van der Waals surface area contributed by atoms with Crippen molar-refractivity contribution < 1.29 is 4.74 Å². The zero-order valence-electron chi connectivity index (χ0n) is 10.9. The van der Waals surface area contributed by atoms with E-state index in [-0.39, 0.29) is 6.10 Å². The Kier molecular flexibility index (Phi) is 4.35. The molecule has 0 atom stereocenters. The Morgan fingerprint density at radius 2 is 2.26 bits per heavy atom. The fourth-order valence-electron chi connectivity index (χ4n) is 1.90. The van der Waals surface area contributed by atoms with Crippen molar-refractivity contribution in [1.29, 1.82) is 5.26 Å². The lowest BCUT2D eigenvalue weighted by atomic mass is 10.3. The molecule has 6 heteroatoms. The van der Waals surface area contributed by atoms with Crippen molar-refractivity contribution in [1.82, 2.24) is 14.5 Å². The largest absolute Gasteiger partial charge is 0.379 e. The maximum Gasteiger partial charge on any atom is 0.156 e. The number of halogens is 1. The second-order valence-electron chi connectivity index (χ2n) is 4.48. The molecule has 2 aromatic rings. The number of rotatable bonds is 5. The summed E-state index contributed by atoms with van der Waals surface area (Å²) in [6.45, 7) is 5.40. The zero-order valence-corrected chi connectivity index (χ0v) is 11.7. The molecule has 0 aliphatic rings. The van der Waals surface area contributed by atoms with E-state index >= 15 is 0 Å². The Morgan fingerprint density at radius 1 is 1.47 bits per heavy atom. The summed E-state index contributed by atoms with van der Waals surface area (Å²) in [5.41, 5.74) is 1.83. The first kappa shape index (κ1) is 13.8. The Hall–Kier alpha value is -1.64. The van der Waals surface area contributed by atoms with Crippen LogP contribution in [0.3, 0.4) is 0 Å². The van der Waals surface area contributed by atoms with Crippen molar-refractivity contribution in [3.05, 3.63) is 23.2 Å². The average molecular weight is 279 g/mol. The normalized spacial score (nSPS) is 11.1. The molecule has 19 heavy (non-hydrogen) atoms. The van der Waals surface area contributed by atoms with Gasteiger partial charge in [0.05, 0.1) is 11.7 Å². The molecule has 0 saturated heterocycles. The molecule has 2 heterocycles. The van der Waals surface area contributed by atoms with Crippen molar-refractivity contribution in [2.24, 2.45) is 0 Å². The lowest BCUT2D eigenvalue weighted by molar-refractivity contribution is 0.0750. The highest BCUT2D eigenvalue weighted by Crippen LogP contribution is 2.24. The van der Waals surface area contributed by atoms with Crippen LogP contribution in [0.25, 0.3) is 11.0 Å². The van der Waals surface area contributed by atoms with Crippen molar-refractivity contribution in [3.8, 4) is 6.07 Å². The molecule has 2 aromatic heterocycles. The van der Waals surface area contributed by atoms with E-state index in [0.717, 1.165) is 13.0 Å². The van der Waals surface area contributed by atoms with E-state index in [0.29, 0.717) is 28.4 Å². The lowest BCUT2D eigenvalue weighted by Gasteiger charge is -2.08. The molecule has 0 unspecified atom stereocenters. The third-order valence-corrected chi connectivity index (χ3v) is 3.00. The Bertz CT molecular complexity index is 615. The van der Waals surface area contributed by atoms with Gasteiger partial charge in [0.15, 0.2) is 5.15 Å². The van der Waals surface area contributed by atoms with Gasteiger partial charge in [-0.1, -0.05) is 11.6 Å². The smallest absolute Gasteiger partial charge is 0.156 e. The minimum atomic E-state index is 0.225. The predicted octanol–water partition coefficient (Wildman–Crippen LogP) is 2.77. The molecule has 100 valence electrons. The number of nitriles is 1. The second-order valence-corrected chi connectivity index (χ2v) is 4.84. The summed E-state index contributed by atoms with van der Waals surface area (Å²) in [7, 11) is 0. The molecular formula is C13H15ClN4O. The third-order valence-electron chi connectivity index (χ3n) is 2.72. The molecule has 0 radical (unpaired) electrons. The van der Waals surface area contributed by atoms with Crippen LogP contribution in [0.5, 0.6) is 0 Å². The standard InChI is InChI=1S/C13H15ClN4O/c1-9(2)19-5-3-4-18-7-10(6-15)11-12(18)13(14)17-8-16-11/h7-9H,3-5H2,1-2H3. The number of aromatic nitrogens is 3. The number of hydrogen-bond donors (Lipinski definition) is 0. The fourth-order valence-corrected chi connectivity index (χ4v) is 2.14. The number of fused-ring (bicyclic) bond motifs is 1. The van der Waals surface area contributed by atoms with Crippen LogP contribution in [0.4, 0.5) is 0 Å². The second kappa shape index (κ2) is 6.00. The maximum atomic E-state index is 9.09. The fraction of sp³-hybridized carbons (Fsp3) is 0.462. The van der Waals surface area contributed by atoms with Gasteiger partial charge in [-0.05, 0) is 20.3 Å². The highest BCUT2D eigenvalue weighted by Gasteiger charge is 2.13. The van der Waals surface area contributed by atoms with Gasteiger partial charge in [0.1, 0.15) is 23.4 Å². The van der Waals surface area contributed by atoms with Gasteiger partial charge in [0.2, 0.25) is 0 Å². The van der Waals surface area contributed by atoms with Crippen LogP contribution in [-0.2, 0) is 11.3 Å². The summed E-state index contributed by atoms with van der Waals surface area (Å²) >= 11 is 6.08. The van der Waals surface area contributed by atoms with Gasteiger partial charge in [-0.2, -0.15) is 5.26 Å². The van der Waals surface area contributed by atoms with E-state index in [1.54, 1.807) is 6.20 Å². The Morgan fingerprint density at radius 3 is 2.95 bits per heavy atom. The van der Waals surface area contributed by atoms with E-state index in [1.807, 2.05) is 18.4 Å². The number of ether oxygens (including phenoxy) is 1. The molecule has 2 rings (SSSR count). The summed E-state index contributed by atoms with van der Waals surface area (Å²) in [5, 5.41) is 9.46. The molecule has 0 N–H and O–H groups in total. The minimum absolute atomic E-state index is 0.225. The topological polar surface area (TPSA) is 63.7 Å². The van der Waals surface area contributed by atoms with Gasteiger partial charge in [0.25, 0.3) is 0 Å². The van der Waals surface area contributed by atoms with E-state index in [2.05, 4.69) is 16.0 Å². The van der Waals surface area contributed by atoms with Gasteiger partial charge in [0, 0.05) is 19.3 Å². The van der Waals surface area contributed by atoms with Crippen molar-refractivity contribution in [2.45, 2.75) is 32.9 Å². The van der Waals surface area contributed by atoms with Crippen LogP contribution < -0.4 is 0 Å². The van der Waals surface area contributed by atoms with E-state index in [4.69, 9.17) is 21.6 Å². The van der Waals surface area contributed by atoms with E-state index in [9.17, 15) is 0 Å². The molecular weight excluding hydrogens is 264 g/mol. The summed E-state index contributed by atoms with van der Waals surface area (Å²) in [6, 6.07) is 2.13. The predicted molar refractivity (Wildman–Crippen MR) is 73.0 cm³/mol. The van der Waals surface area contributed by atoms with Gasteiger partial charge >= 0.3 is 0 Å². The zero-order chi connectivity index (χ0) is 13.8. The molecule has 0 amide bonds. The summed E-state index contributed by atoms with van der Waals surface area (Å²) in [5.74, 6) is 0. The number of aryl methyl sites for hydroxylation is 1. The van der Waals surface area contributed by atoms with Gasteiger partial charge in [-0.15, -0.1) is 0 Å². The van der Waals surface area contributed by atoms with E-state index in [1.165, 1.54) is 6.33 Å². The molecule has 0 aromatic carbocycles. The highest BCUT2D eigenvalue weighted by atomic mass is 35.5. The highest BCUT2D eigenvalue weighted by molar-refractivity contribution is 6.33. The quantitative estimate of drug-likeness (QED) is 0.623. The average Bonchev–Trinajstić information content (AvgIpc) is 2.74. The number of nitrogens with zero attached hydrogens (tertiary/aromatic N) is 4. The van der Waals surface area contributed by atoms with Crippen LogP contribution >= 0.6 is 11.6 Å². The lowest BCUT2D eigenvalue weighted by Crippen LogP contribution is -2.07. The first-order chi connectivity index (χ1) is 9.13.